The summed E-state index contributed by atoms with van der Waals surface area (Å²) in [5, 5.41) is 2.31. The maximum atomic E-state index is 13.7. The number of likely N-dealkylation sites (N-methyl/N-ethyl adjacent to an activating group) is 1. The topological polar surface area (TPSA) is 69.7 Å². The first kappa shape index (κ1) is 17.8. The Labute approximate surface area is 136 Å². The van der Waals surface area contributed by atoms with Crippen LogP contribution in [0, 0.1) is 5.82 Å². The molecule has 1 amide bonds. The number of carbonyl (C=O) groups is 1. The molecule has 0 radical (unpaired) electrons. The number of hydrogen-bond acceptors (Lipinski definition) is 4. The second-order valence-corrected chi connectivity index (χ2v) is 7.89. The van der Waals surface area contributed by atoms with Crippen LogP contribution in [0.2, 0.25) is 0 Å². The molecular weight excluding hydrogens is 321 g/mol. The molecular formula is C15H22FN3O3S. The maximum absolute atomic E-state index is 13.7. The summed E-state index contributed by atoms with van der Waals surface area (Å²) in [6, 6.07) is 3.42. The van der Waals surface area contributed by atoms with E-state index in [1.54, 1.807) is 0 Å². The normalized spacial score (nSPS) is 22.5. The van der Waals surface area contributed by atoms with Crippen LogP contribution in [0.15, 0.2) is 23.1 Å². The Morgan fingerprint density at radius 1 is 1.39 bits per heavy atom. The summed E-state index contributed by atoms with van der Waals surface area (Å²) in [6.45, 7) is 3.53. The number of amides is 1. The standard InChI is InChI=1S/C15H22FN3O3S/c1-10-15(18(3)4)7-8-19(10)23(21,22)12-5-6-13(16)14(9-12)17-11(2)20/h5-6,9-10,15H,7-8H2,1-4H3,(H,17,20)/t10-,15-/m0/s1. The van der Waals surface area contributed by atoms with Gasteiger partial charge in [0.1, 0.15) is 5.82 Å². The molecule has 23 heavy (non-hydrogen) atoms. The lowest BCUT2D eigenvalue weighted by atomic mass is 10.1. The van der Waals surface area contributed by atoms with Crippen molar-refractivity contribution in [2.75, 3.05) is 26.0 Å². The van der Waals surface area contributed by atoms with Gasteiger partial charge in [0.2, 0.25) is 15.9 Å². The Hall–Kier alpha value is -1.51. The highest BCUT2D eigenvalue weighted by Gasteiger charge is 2.39. The second-order valence-electron chi connectivity index (χ2n) is 6.00. The van der Waals surface area contributed by atoms with Gasteiger partial charge in [0, 0.05) is 25.6 Å². The molecule has 0 aliphatic carbocycles. The average molecular weight is 343 g/mol. The van der Waals surface area contributed by atoms with Crippen molar-refractivity contribution in [3.8, 4) is 0 Å². The number of benzene rings is 1. The zero-order valence-corrected chi connectivity index (χ0v) is 14.5. The Bertz CT molecular complexity index is 706. The smallest absolute Gasteiger partial charge is 0.243 e. The predicted octanol–water partition coefficient (Wildman–Crippen LogP) is 1.50. The minimum atomic E-state index is -3.74. The molecule has 1 fully saturated rings. The van der Waals surface area contributed by atoms with E-state index in [0.717, 1.165) is 12.5 Å². The van der Waals surface area contributed by atoms with Crippen molar-refractivity contribution in [1.29, 1.82) is 0 Å². The van der Waals surface area contributed by atoms with E-state index < -0.39 is 21.7 Å². The summed E-state index contributed by atoms with van der Waals surface area (Å²) < 4.78 is 40.8. The van der Waals surface area contributed by atoms with Gasteiger partial charge in [-0.2, -0.15) is 4.31 Å². The average Bonchev–Trinajstić information content (AvgIpc) is 2.83. The summed E-state index contributed by atoms with van der Waals surface area (Å²) >= 11 is 0. The summed E-state index contributed by atoms with van der Waals surface area (Å²) in [5.74, 6) is -1.12. The van der Waals surface area contributed by atoms with Crippen LogP contribution >= 0.6 is 0 Å². The molecule has 1 aliphatic heterocycles. The summed E-state index contributed by atoms with van der Waals surface area (Å²) in [4.78, 5) is 13.1. The van der Waals surface area contributed by atoms with Crippen LogP contribution in [-0.2, 0) is 14.8 Å². The molecule has 1 aromatic rings. The molecule has 1 aliphatic rings. The first-order valence-corrected chi connectivity index (χ1v) is 8.84. The van der Waals surface area contributed by atoms with Gasteiger partial charge in [-0.15, -0.1) is 0 Å². The highest BCUT2D eigenvalue weighted by Crippen LogP contribution is 2.29. The largest absolute Gasteiger partial charge is 0.324 e. The highest BCUT2D eigenvalue weighted by molar-refractivity contribution is 7.89. The SMILES string of the molecule is CC(=O)Nc1cc(S(=O)(=O)N2CC[C@H](N(C)C)[C@@H]2C)ccc1F. The third-order valence-electron chi connectivity index (χ3n) is 4.17. The monoisotopic (exact) mass is 343 g/mol. The number of nitrogens with zero attached hydrogens (tertiary/aromatic N) is 2. The number of halogens is 1. The van der Waals surface area contributed by atoms with Crippen molar-refractivity contribution in [3.63, 3.8) is 0 Å². The molecule has 6 nitrogen and oxygen atoms in total. The van der Waals surface area contributed by atoms with Gasteiger partial charge in [0.25, 0.3) is 0 Å². The number of carbonyl (C=O) groups excluding carboxylic acids is 1. The van der Waals surface area contributed by atoms with Crippen LogP contribution in [0.5, 0.6) is 0 Å². The maximum Gasteiger partial charge on any atom is 0.243 e. The van der Waals surface area contributed by atoms with Crippen molar-refractivity contribution < 1.29 is 17.6 Å². The lowest BCUT2D eigenvalue weighted by Crippen LogP contribution is -2.42. The van der Waals surface area contributed by atoms with E-state index in [-0.39, 0.29) is 22.7 Å². The Kier molecular flexibility index (Phi) is 5.07. The molecule has 1 saturated heterocycles. The quantitative estimate of drug-likeness (QED) is 0.899. The number of sulfonamides is 1. The molecule has 0 bridgehead atoms. The third-order valence-corrected chi connectivity index (χ3v) is 6.16. The van der Waals surface area contributed by atoms with Crippen molar-refractivity contribution in [2.24, 2.45) is 0 Å². The molecule has 128 valence electrons. The highest BCUT2D eigenvalue weighted by atomic mass is 32.2. The van der Waals surface area contributed by atoms with E-state index in [4.69, 9.17) is 0 Å². The van der Waals surface area contributed by atoms with Gasteiger partial charge in [-0.05, 0) is 45.6 Å². The number of nitrogens with one attached hydrogen (secondary N) is 1. The van der Waals surface area contributed by atoms with Crippen molar-refractivity contribution in [2.45, 2.75) is 37.2 Å². The molecule has 0 spiro atoms. The van der Waals surface area contributed by atoms with Crippen LogP contribution in [0.25, 0.3) is 0 Å². The van der Waals surface area contributed by atoms with Gasteiger partial charge in [-0.25, -0.2) is 12.8 Å². The van der Waals surface area contributed by atoms with E-state index in [1.807, 2.05) is 25.9 Å². The van der Waals surface area contributed by atoms with Crippen molar-refractivity contribution in [1.82, 2.24) is 9.21 Å². The number of rotatable bonds is 4. The van der Waals surface area contributed by atoms with E-state index in [2.05, 4.69) is 5.32 Å². The number of hydrogen-bond donors (Lipinski definition) is 1. The molecule has 1 heterocycles. The Morgan fingerprint density at radius 3 is 2.57 bits per heavy atom. The number of anilines is 1. The molecule has 2 rings (SSSR count). The summed E-state index contributed by atoms with van der Waals surface area (Å²) in [5.41, 5.74) is -0.130. The van der Waals surface area contributed by atoms with E-state index >= 15 is 0 Å². The van der Waals surface area contributed by atoms with Crippen LogP contribution in [0.4, 0.5) is 10.1 Å². The minimum Gasteiger partial charge on any atom is -0.324 e. The van der Waals surface area contributed by atoms with Crippen molar-refractivity contribution >= 4 is 21.6 Å². The van der Waals surface area contributed by atoms with E-state index in [1.165, 1.54) is 23.4 Å². The fraction of sp³-hybridized carbons (Fsp3) is 0.533. The van der Waals surface area contributed by atoms with E-state index in [0.29, 0.717) is 6.54 Å². The summed E-state index contributed by atoms with van der Waals surface area (Å²) in [6.07, 6.45) is 0.743. The molecule has 0 aromatic heterocycles. The fourth-order valence-corrected chi connectivity index (χ4v) is 4.71. The Morgan fingerprint density at radius 2 is 2.04 bits per heavy atom. The van der Waals surface area contributed by atoms with Crippen molar-refractivity contribution in [3.05, 3.63) is 24.0 Å². The molecule has 0 saturated carbocycles. The minimum absolute atomic E-state index is 0.0195. The fourth-order valence-electron chi connectivity index (χ4n) is 3.01. The molecule has 8 heteroatoms. The summed E-state index contributed by atoms with van der Waals surface area (Å²) in [7, 11) is 0.101. The first-order valence-electron chi connectivity index (χ1n) is 7.40. The van der Waals surface area contributed by atoms with Gasteiger partial charge in [0.15, 0.2) is 0 Å². The lowest BCUT2D eigenvalue weighted by Gasteiger charge is -2.28. The van der Waals surface area contributed by atoms with Crippen LogP contribution < -0.4 is 5.32 Å². The molecule has 1 N–H and O–H groups in total. The van der Waals surface area contributed by atoms with Crippen LogP contribution in [-0.4, -0.2) is 56.3 Å². The van der Waals surface area contributed by atoms with Gasteiger partial charge in [-0.3, -0.25) is 4.79 Å². The van der Waals surface area contributed by atoms with E-state index in [9.17, 15) is 17.6 Å². The van der Waals surface area contributed by atoms with Crippen LogP contribution in [0.1, 0.15) is 20.3 Å². The second kappa shape index (κ2) is 6.54. The predicted molar refractivity (Wildman–Crippen MR) is 86.1 cm³/mol. The first-order chi connectivity index (χ1) is 10.6. The van der Waals surface area contributed by atoms with Gasteiger partial charge < -0.3 is 10.2 Å². The zero-order valence-electron chi connectivity index (χ0n) is 13.7. The van der Waals surface area contributed by atoms with Gasteiger partial charge in [-0.1, -0.05) is 0 Å². The molecule has 0 unspecified atom stereocenters. The van der Waals surface area contributed by atoms with Gasteiger partial charge >= 0.3 is 0 Å². The lowest BCUT2D eigenvalue weighted by molar-refractivity contribution is -0.114. The molecule has 1 aromatic carbocycles. The van der Waals surface area contributed by atoms with Crippen LogP contribution in [0.3, 0.4) is 0 Å². The molecule has 2 atom stereocenters. The zero-order chi connectivity index (χ0) is 17.4. The third kappa shape index (κ3) is 3.54. The Balaban J connectivity index is 2.35. The van der Waals surface area contributed by atoms with Gasteiger partial charge in [0.05, 0.1) is 10.6 Å².